The van der Waals surface area contributed by atoms with Crippen molar-refractivity contribution >= 4 is 11.8 Å². The number of carbonyl (C=O) groups excluding carboxylic acids is 2. The molecule has 2 amide bonds. The number of aryl methyl sites for hydroxylation is 1. The molecule has 1 saturated carbocycles. The van der Waals surface area contributed by atoms with E-state index < -0.39 is 11.6 Å². The number of halogens is 2. The molecule has 1 aliphatic carbocycles. The quantitative estimate of drug-likeness (QED) is 0.823. The predicted molar refractivity (Wildman–Crippen MR) is 99.0 cm³/mol. The summed E-state index contributed by atoms with van der Waals surface area (Å²) in [6.07, 6.45) is 7.75. The molecule has 3 rings (SSSR count). The molecule has 1 heterocycles. The first kappa shape index (κ1) is 19.8. The Balaban J connectivity index is 1.37. The lowest BCUT2D eigenvalue weighted by Gasteiger charge is -2.26. The third-order valence-electron chi connectivity index (χ3n) is 5.67. The summed E-state index contributed by atoms with van der Waals surface area (Å²) in [4.78, 5) is 26.6. The van der Waals surface area contributed by atoms with Crippen LogP contribution in [0.4, 0.5) is 8.78 Å². The molecule has 0 radical (unpaired) electrons. The van der Waals surface area contributed by atoms with Crippen molar-refractivity contribution in [3.05, 3.63) is 35.4 Å². The Labute approximate surface area is 159 Å². The molecule has 1 aromatic rings. The van der Waals surface area contributed by atoms with Gasteiger partial charge in [0, 0.05) is 31.5 Å². The van der Waals surface area contributed by atoms with Gasteiger partial charge >= 0.3 is 0 Å². The zero-order valence-corrected chi connectivity index (χ0v) is 15.7. The Kier molecular flexibility index (Phi) is 6.80. The number of hydrogen-bond acceptors (Lipinski definition) is 2. The number of benzene rings is 1. The first-order chi connectivity index (χ1) is 13.0. The topological polar surface area (TPSA) is 49.4 Å². The van der Waals surface area contributed by atoms with Gasteiger partial charge in [-0.2, -0.15) is 0 Å². The second-order valence-corrected chi connectivity index (χ2v) is 7.77. The summed E-state index contributed by atoms with van der Waals surface area (Å²) >= 11 is 0. The van der Waals surface area contributed by atoms with Gasteiger partial charge in [0.25, 0.3) is 0 Å². The van der Waals surface area contributed by atoms with E-state index in [2.05, 4.69) is 5.32 Å². The number of hydrogen-bond donors (Lipinski definition) is 1. The largest absolute Gasteiger partial charge is 0.352 e. The average Bonchev–Trinajstić information content (AvgIpc) is 3.13. The third kappa shape index (κ3) is 5.50. The Morgan fingerprint density at radius 3 is 2.59 bits per heavy atom. The van der Waals surface area contributed by atoms with Gasteiger partial charge in [0.05, 0.1) is 0 Å². The fraction of sp³-hybridized carbons (Fsp3) is 0.619. The van der Waals surface area contributed by atoms with Crippen molar-refractivity contribution in [3.63, 3.8) is 0 Å². The first-order valence-electron chi connectivity index (χ1n) is 10.0. The van der Waals surface area contributed by atoms with Crippen molar-refractivity contribution in [2.24, 2.45) is 5.92 Å². The second kappa shape index (κ2) is 9.29. The van der Waals surface area contributed by atoms with Crippen molar-refractivity contribution in [2.45, 2.75) is 63.8 Å². The molecule has 1 atom stereocenters. The summed E-state index contributed by atoms with van der Waals surface area (Å²) in [5.41, 5.74) is 0.687. The summed E-state index contributed by atoms with van der Waals surface area (Å²) in [6.45, 7) is 1.32. The summed E-state index contributed by atoms with van der Waals surface area (Å²) in [7, 11) is 0. The SMILES string of the molecule is O=C(CCCc1ccc(F)c(F)c1)N[C@H]1CCN(C(=O)C2CCCCC2)C1. The van der Waals surface area contributed by atoms with E-state index in [1.54, 1.807) is 6.07 Å². The molecule has 0 spiro atoms. The van der Waals surface area contributed by atoms with Crippen LogP contribution in [-0.4, -0.2) is 35.8 Å². The zero-order chi connectivity index (χ0) is 19.2. The van der Waals surface area contributed by atoms with Gasteiger partial charge in [0.1, 0.15) is 0 Å². The Bertz CT molecular complexity index is 674. The van der Waals surface area contributed by atoms with E-state index in [-0.39, 0.29) is 23.8 Å². The number of amides is 2. The molecule has 1 aliphatic heterocycles. The fourth-order valence-electron chi connectivity index (χ4n) is 4.13. The van der Waals surface area contributed by atoms with Crippen LogP contribution < -0.4 is 5.32 Å². The Morgan fingerprint density at radius 2 is 1.85 bits per heavy atom. The highest BCUT2D eigenvalue weighted by Crippen LogP contribution is 2.26. The predicted octanol–water partition coefficient (Wildman–Crippen LogP) is 3.58. The molecule has 2 aliphatic rings. The van der Waals surface area contributed by atoms with Crippen LogP contribution >= 0.6 is 0 Å². The lowest BCUT2D eigenvalue weighted by Crippen LogP contribution is -2.40. The Hall–Kier alpha value is -1.98. The van der Waals surface area contributed by atoms with Crippen LogP contribution in [-0.2, 0) is 16.0 Å². The van der Waals surface area contributed by atoms with Crippen molar-refractivity contribution in [1.29, 1.82) is 0 Å². The van der Waals surface area contributed by atoms with Gasteiger partial charge < -0.3 is 10.2 Å². The van der Waals surface area contributed by atoms with Crippen LogP contribution in [0, 0.1) is 17.6 Å². The highest BCUT2D eigenvalue weighted by Gasteiger charge is 2.31. The number of nitrogens with one attached hydrogen (secondary N) is 1. The molecule has 1 saturated heterocycles. The monoisotopic (exact) mass is 378 g/mol. The maximum Gasteiger partial charge on any atom is 0.225 e. The second-order valence-electron chi connectivity index (χ2n) is 7.77. The van der Waals surface area contributed by atoms with E-state index in [1.807, 2.05) is 4.90 Å². The molecule has 4 nitrogen and oxygen atoms in total. The molecule has 0 bridgehead atoms. The lowest BCUT2D eigenvalue weighted by atomic mass is 9.88. The fourth-order valence-corrected chi connectivity index (χ4v) is 4.13. The number of rotatable bonds is 6. The van der Waals surface area contributed by atoms with Crippen molar-refractivity contribution in [1.82, 2.24) is 10.2 Å². The highest BCUT2D eigenvalue weighted by atomic mass is 19.2. The summed E-state index contributed by atoms with van der Waals surface area (Å²) in [6, 6.07) is 3.86. The van der Waals surface area contributed by atoms with E-state index in [4.69, 9.17) is 0 Å². The van der Waals surface area contributed by atoms with E-state index in [9.17, 15) is 18.4 Å². The molecule has 1 aromatic carbocycles. The van der Waals surface area contributed by atoms with Crippen LogP contribution in [0.5, 0.6) is 0 Å². The molecular formula is C21H28F2N2O2. The molecule has 148 valence electrons. The highest BCUT2D eigenvalue weighted by molar-refractivity contribution is 5.80. The van der Waals surface area contributed by atoms with Crippen LogP contribution in [0.25, 0.3) is 0 Å². The molecule has 1 N–H and O–H groups in total. The molecule has 0 unspecified atom stereocenters. The molecule has 6 heteroatoms. The summed E-state index contributed by atoms with van der Waals surface area (Å²) < 4.78 is 26.1. The third-order valence-corrected chi connectivity index (χ3v) is 5.67. The zero-order valence-electron chi connectivity index (χ0n) is 15.7. The van der Waals surface area contributed by atoms with Crippen LogP contribution in [0.1, 0.15) is 56.9 Å². The number of carbonyl (C=O) groups is 2. The maximum absolute atomic E-state index is 13.2. The van der Waals surface area contributed by atoms with Crippen molar-refractivity contribution < 1.29 is 18.4 Å². The maximum atomic E-state index is 13.2. The van der Waals surface area contributed by atoms with Gasteiger partial charge in [0.15, 0.2) is 11.6 Å². The van der Waals surface area contributed by atoms with E-state index in [0.29, 0.717) is 31.4 Å². The Morgan fingerprint density at radius 1 is 1.07 bits per heavy atom. The van der Waals surface area contributed by atoms with Gasteiger partial charge in [-0.05, 0) is 49.8 Å². The minimum Gasteiger partial charge on any atom is -0.352 e. The van der Waals surface area contributed by atoms with Gasteiger partial charge in [-0.3, -0.25) is 9.59 Å². The van der Waals surface area contributed by atoms with Crippen LogP contribution in [0.15, 0.2) is 18.2 Å². The van der Waals surface area contributed by atoms with Gasteiger partial charge in [0.2, 0.25) is 11.8 Å². The number of likely N-dealkylation sites (tertiary alicyclic amines) is 1. The lowest BCUT2D eigenvalue weighted by molar-refractivity contribution is -0.135. The standard InChI is InChI=1S/C21H28F2N2O2/c22-18-10-9-15(13-19(18)23)5-4-8-20(26)24-17-11-12-25(14-17)21(27)16-6-2-1-3-7-16/h9-10,13,16-17H,1-8,11-12,14H2,(H,24,26)/t17-/m0/s1. The molecule has 2 fully saturated rings. The average molecular weight is 378 g/mol. The van der Waals surface area contributed by atoms with Crippen molar-refractivity contribution in [2.75, 3.05) is 13.1 Å². The minimum atomic E-state index is -0.856. The smallest absolute Gasteiger partial charge is 0.225 e. The first-order valence-corrected chi connectivity index (χ1v) is 10.0. The number of nitrogens with zero attached hydrogens (tertiary/aromatic N) is 1. The van der Waals surface area contributed by atoms with Crippen LogP contribution in [0.2, 0.25) is 0 Å². The molecule has 27 heavy (non-hydrogen) atoms. The van der Waals surface area contributed by atoms with Crippen molar-refractivity contribution in [3.8, 4) is 0 Å². The van der Waals surface area contributed by atoms with E-state index >= 15 is 0 Å². The molecule has 0 aromatic heterocycles. The van der Waals surface area contributed by atoms with E-state index in [1.165, 1.54) is 12.5 Å². The van der Waals surface area contributed by atoms with E-state index in [0.717, 1.165) is 44.7 Å². The van der Waals surface area contributed by atoms with Gasteiger partial charge in [-0.1, -0.05) is 25.3 Å². The van der Waals surface area contributed by atoms with Gasteiger partial charge in [-0.25, -0.2) is 8.78 Å². The van der Waals surface area contributed by atoms with Crippen LogP contribution in [0.3, 0.4) is 0 Å². The minimum absolute atomic E-state index is 0.0216. The summed E-state index contributed by atoms with van der Waals surface area (Å²) in [5.74, 6) is -1.33. The normalized spacial score (nSPS) is 20.7. The van der Waals surface area contributed by atoms with Gasteiger partial charge in [-0.15, -0.1) is 0 Å². The summed E-state index contributed by atoms with van der Waals surface area (Å²) in [5, 5.41) is 3.01. The molecular weight excluding hydrogens is 350 g/mol.